The average molecular weight is 228 g/mol. The van der Waals surface area contributed by atoms with Crippen molar-refractivity contribution in [1.82, 2.24) is 4.98 Å². The van der Waals surface area contributed by atoms with Crippen molar-refractivity contribution in [1.29, 1.82) is 0 Å². The van der Waals surface area contributed by atoms with Crippen LogP contribution in [0.15, 0.2) is 36.7 Å². The molecule has 0 radical (unpaired) electrons. The van der Waals surface area contributed by atoms with Crippen LogP contribution < -0.4 is 10.5 Å². The van der Waals surface area contributed by atoms with Crippen LogP contribution in [0.4, 0.5) is 0 Å². The van der Waals surface area contributed by atoms with Gasteiger partial charge < -0.3 is 10.5 Å². The van der Waals surface area contributed by atoms with Crippen molar-refractivity contribution in [2.24, 2.45) is 5.73 Å². The Morgan fingerprint density at radius 1 is 1.18 bits per heavy atom. The largest absolute Gasteiger partial charge is 0.455 e. The van der Waals surface area contributed by atoms with E-state index in [1.54, 1.807) is 12.4 Å². The lowest BCUT2D eigenvalue weighted by Gasteiger charge is -2.11. The zero-order valence-corrected chi connectivity index (χ0v) is 10.1. The quantitative estimate of drug-likeness (QED) is 0.878. The third kappa shape index (κ3) is 2.63. The van der Waals surface area contributed by atoms with Gasteiger partial charge in [-0.1, -0.05) is 12.1 Å². The topological polar surface area (TPSA) is 48.1 Å². The highest BCUT2D eigenvalue weighted by molar-refractivity contribution is 5.41. The number of aryl methyl sites for hydroxylation is 2. The van der Waals surface area contributed by atoms with E-state index in [0.717, 1.165) is 22.6 Å². The Morgan fingerprint density at radius 2 is 2.00 bits per heavy atom. The van der Waals surface area contributed by atoms with Crippen LogP contribution in [0.25, 0.3) is 0 Å². The molecule has 2 aromatic rings. The van der Waals surface area contributed by atoms with Gasteiger partial charge in [0.1, 0.15) is 11.5 Å². The van der Waals surface area contributed by atoms with Crippen LogP contribution in [0.2, 0.25) is 0 Å². The summed E-state index contributed by atoms with van der Waals surface area (Å²) in [5.41, 5.74) is 8.89. The molecule has 0 bridgehead atoms. The maximum atomic E-state index is 5.87. The van der Waals surface area contributed by atoms with E-state index < -0.39 is 0 Å². The molecule has 0 amide bonds. The predicted octanol–water partition coefficient (Wildman–Crippen LogP) is 2.95. The smallest absolute Gasteiger partial charge is 0.150 e. The normalized spacial score (nSPS) is 10.3. The van der Waals surface area contributed by atoms with E-state index in [2.05, 4.69) is 11.1 Å². The summed E-state index contributed by atoms with van der Waals surface area (Å²) >= 11 is 0. The lowest BCUT2D eigenvalue weighted by atomic mass is 10.1. The van der Waals surface area contributed by atoms with Gasteiger partial charge >= 0.3 is 0 Å². The Hall–Kier alpha value is -1.87. The van der Waals surface area contributed by atoms with Crippen molar-refractivity contribution >= 4 is 0 Å². The van der Waals surface area contributed by atoms with Gasteiger partial charge in [0, 0.05) is 18.3 Å². The molecule has 17 heavy (non-hydrogen) atoms. The first-order valence-corrected chi connectivity index (χ1v) is 5.59. The summed E-state index contributed by atoms with van der Waals surface area (Å²) in [6, 6.07) is 8.00. The number of hydrogen-bond acceptors (Lipinski definition) is 3. The maximum absolute atomic E-state index is 5.87. The standard InChI is InChI=1S/C14H16N2O/c1-10-3-4-11(2)13(7-10)17-14-9-16-6-5-12(14)8-15/h3-7,9H,8,15H2,1-2H3. The van der Waals surface area contributed by atoms with Gasteiger partial charge in [-0.25, -0.2) is 0 Å². The molecule has 0 atom stereocenters. The third-order valence-corrected chi connectivity index (χ3v) is 2.65. The molecule has 0 fully saturated rings. The fourth-order valence-corrected chi connectivity index (χ4v) is 1.61. The first-order chi connectivity index (χ1) is 8.20. The molecule has 2 rings (SSSR count). The molecule has 1 aromatic heterocycles. The molecule has 0 spiro atoms. The summed E-state index contributed by atoms with van der Waals surface area (Å²) in [5, 5.41) is 0. The van der Waals surface area contributed by atoms with Crippen molar-refractivity contribution in [2.45, 2.75) is 20.4 Å². The highest BCUT2D eigenvalue weighted by Gasteiger charge is 2.05. The van der Waals surface area contributed by atoms with E-state index in [9.17, 15) is 0 Å². The highest BCUT2D eigenvalue weighted by atomic mass is 16.5. The maximum Gasteiger partial charge on any atom is 0.150 e. The van der Waals surface area contributed by atoms with E-state index in [0.29, 0.717) is 6.54 Å². The molecule has 88 valence electrons. The SMILES string of the molecule is Cc1ccc(C)c(Oc2cnccc2CN)c1. The summed E-state index contributed by atoms with van der Waals surface area (Å²) in [7, 11) is 0. The number of rotatable bonds is 3. The van der Waals surface area contributed by atoms with Gasteiger partial charge in [0.15, 0.2) is 0 Å². The second kappa shape index (κ2) is 4.97. The molecular formula is C14H16N2O. The van der Waals surface area contributed by atoms with Gasteiger partial charge in [0.2, 0.25) is 0 Å². The predicted molar refractivity (Wildman–Crippen MR) is 68.1 cm³/mol. The number of aromatic nitrogens is 1. The van der Waals surface area contributed by atoms with E-state index in [4.69, 9.17) is 10.5 Å². The van der Waals surface area contributed by atoms with Crippen LogP contribution in [-0.4, -0.2) is 4.98 Å². The Kier molecular flexibility index (Phi) is 3.40. The average Bonchev–Trinajstić information content (AvgIpc) is 2.34. The first-order valence-electron chi connectivity index (χ1n) is 5.59. The van der Waals surface area contributed by atoms with Gasteiger partial charge in [-0.05, 0) is 37.1 Å². The fraction of sp³-hybridized carbons (Fsp3) is 0.214. The summed E-state index contributed by atoms with van der Waals surface area (Å²) in [4.78, 5) is 4.06. The molecule has 0 saturated carbocycles. The highest BCUT2D eigenvalue weighted by Crippen LogP contribution is 2.27. The number of ether oxygens (including phenoxy) is 1. The van der Waals surface area contributed by atoms with Crippen LogP contribution in [-0.2, 0) is 6.54 Å². The number of nitrogens with two attached hydrogens (primary N) is 1. The molecule has 1 aromatic carbocycles. The van der Waals surface area contributed by atoms with Crippen molar-refractivity contribution in [2.75, 3.05) is 0 Å². The minimum Gasteiger partial charge on any atom is -0.455 e. The van der Waals surface area contributed by atoms with Gasteiger partial charge in [0.05, 0.1) is 6.20 Å². The molecule has 3 nitrogen and oxygen atoms in total. The number of pyridine rings is 1. The zero-order valence-electron chi connectivity index (χ0n) is 10.1. The first kappa shape index (κ1) is 11.6. The molecule has 0 unspecified atom stereocenters. The molecule has 0 aliphatic rings. The van der Waals surface area contributed by atoms with Crippen LogP contribution in [0.1, 0.15) is 16.7 Å². The van der Waals surface area contributed by atoms with E-state index in [-0.39, 0.29) is 0 Å². The Labute approximate surface area is 101 Å². The molecule has 0 aliphatic carbocycles. The fourth-order valence-electron chi connectivity index (χ4n) is 1.61. The molecule has 3 heteroatoms. The second-order valence-corrected chi connectivity index (χ2v) is 4.06. The van der Waals surface area contributed by atoms with Crippen LogP contribution in [0.5, 0.6) is 11.5 Å². The second-order valence-electron chi connectivity index (χ2n) is 4.06. The summed E-state index contributed by atoms with van der Waals surface area (Å²) in [6.45, 7) is 4.51. The monoisotopic (exact) mass is 228 g/mol. The van der Waals surface area contributed by atoms with Gasteiger partial charge in [0.25, 0.3) is 0 Å². The van der Waals surface area contributed by atoms with Gasteiger partial charge in [-0.2, -0.15) is 0 Å². The van der Waals surface area contributed by atoms with E-state index in [1.165, 1.54) is 5.56 Å². The summed E-state index contributed by atoms with van der Waals surface area (Å²) < 4.78 is 5.87. The molecule has 0 saturated heterocycles. The third-order valence-electron chi connectivity index (χ3n) is 2.65. The Balaban J connectivity index is 2.34. The lowest BCUT2D eigenvalue weighted by Crippen LogP contribution is -2.00. The van der Waals surface area contributed by atoms with E-state index in [1.807, 2.05) is 32.0 Å². The number of benzene rings is 1. The molecule has 0 aliphatic heterocycles. The van der Waals surface area contributed by atoms with Crippen LogP contribution in [0.3, 0.4) is 0 Å². The molecule has 1 heterocycles. The van der Waals surface area contributed by atoms with Crippen LogP contribution >= 0.6 is 0 Å². The van der Waals surface area contributed by atoms with Crippen molar-refractivity contribution in [3.63, 3.8) is 0 Å². The lowest BCUT2D eigenvalue weighted by molar-refractivity contribution is 0.470. The molecule has 2 N–H and O–H groups in total. The van der Waals surface area contributed by atoms with Gasteiger partial charge in [-0.15, -0.1) is 0 Å². The Bertz CT molecular complexity index is 523. The molecular weight excluding hydrogens is 212 g/mol. The van der Waals surface area contributed by atoms with E-state index >= 15 is 0 Å². The van der Waals surface area contributed by atoms with Crippen molar-refractivity contribution < 1.29 is 4.74 Å². The zero-order chi connectivity index (χ0) is 12.3. The van der Waals surface area contributed by atoms with Gasteiger partial charge in [-0.3, -0.25) is 4.98 Å². The summed E-state index contributed by atoms with van der Waals surface area (Å²) in [5.74, 6) is 1.58. The number of hydrogen-bond donors (Lipinski definition) is 1. The van der Waals surface area contributed by atoms with Crippen molar-refractivity contribution in [3.05, 3.63) is 53.3 Å². The summed E-state index contributed by atoms with van der Waals surface area (Å²) in [6.07, 6.45) is 3.42. The Morgan fingerprint density at radius 3 is 2.76 bits per heavy atom. The minimum absolute atomic E-state index is 0.447. The minimum atomic E-state index is 0.447. The number of nitrogens with zero attached hydrogens (tertiary/aromatic N) is 1. The van der Waals surface area contributed by atoms with Crippen LogP contribution in [0, 0.1) is 13.8 Å². The van der Waals surface area contributed by atoms with Crippen molar-refractivity contribution in [3.8, 4) is 11.5 Å².